The molecule has 0 saturated heterocycles. The maximum absolute atomic E-state index is 6.22. The molecular formula is C23H35N5. The van der Waals surface area contributed by atoms with Gasteiger partial charge in [-0.2, -0.15) is 0 Å². The number of anilines is 1. The van der Waals surface area contributed by atoms with E-state index in [9.17, 15) is 0 Å². The minimum atomic E-state index is 0.550. The lowest BCUT2D eigenvalue weighted by Gasteiger charge is -2.15. The number of nitrogen functional groups attached to an aromatic ring is 1. The van der Waals surface area contributed by atoms with Crippen LogP contribution in [0.2, 0.25) is 0 Å². The molecular weight excluding hydrogens is 346 g/mol. The monoisotopic (exact) mass is 381 g/mol. The van der Waals surface area contributed by atoms with Crippen LogP contribution in [0.15, 0.2) is 18.2 Å². The minimum absolute atomic E-state index is 0.550. The first-order valence-corrected chi connectivity index (χ1v) is 10.9. The summed E-state index contributed by atoms with van der Waals surface area (Å²) in [5.74, 6) is 1.57. The molecule has 0 unspecified atom stereocenters. The predicted molar refractivity (Wildman–Crippen MR) is 120 cm³/mol. The number of aromatic nitrogens is 3. The summed E-state index contributed by atoms with van der Waals surface area (Å²) in [5.41, 5.74) is 10.4. The number of pyridine rings is 1. The number of nitrogens with one attached hydrogen (secondary N) is 1. The number of H-pyrrole nitrogens is 1. The van der Waals surface area contributed by atoms with E-state index in [-0.39, 0.29) is 0 Å². The second kappa shape index (κ2) is 9.87. The third-order valence-electron chi connectivity index (χ3n) is 5.47. The highest BCUT2D eigenvalue weighted by molar-refractivity contribution is 6.07. The van der Waals surface area contributed by atoms with Gasteiger partial charge in [-0.05, 0) is 63.9 Å². The molecule has 3 aromatic rings. The van der Waals surface area contributed by atoms with E-state index in [1.807, 2.05) is 0 Å². The smallest absolute Gasteiger partial charge is 0.150 e. The SMILES string of the molecule is CCCCc1nc2c([nH]1)c(N)nc1cccc(CCCCCN(C)CCC)c12. The number of aromatic amines is 1. The van der Waals surface area contributed by atoms with E-state index in [1.54, 1.807) is 0 Å². The number of fused-ring (bicyclic) bond motifs is 3. The number of aryl methyl sites for hydroxylation is 2. The highest BCUT2D eigenvalue weighted by Crippen LogP contribution is 2.30. The van der Waals surface area contributed by atoms with Gasteiger partial charge < -0.3 is 15.6 Å². The quantitative estimate of drug-likeness (QED) is 0.454. The van der Waals surface area contributed by atoms with Crippen molar-refractivity contribution in [2.75, 3.05) is 25.9 Å². The Hall–Kier alpha value is -2.14. The Morgan fingerprint density at radius 3 is 2.61 bits per heavy atom. The van der Waals surface area contributed by atoms with Crippen LogP contribution in [0.5, 0.6) is 0 Å². The number of benzene rings is 1. The molecule has 5 heteroatoms. The second-order valence-electron chi connectivity index (χ2n) is 7.93. The van der Waals surface area contributed by atoms with Crippen molar-refractivity contribution < 1.29 is 0 Å². The van der Waals surface area contributed by atoms with Crippen LogP contribution in [0.25, 0.3) is 21.9 Å². The van der Waals surface area contributed by atoms with Crippen LogP contribution >= 0.6 is 0 Å². The van der Waals surface area contributed by atoms with Gasteiger partial charge in [0.15, 0.2) is 0 Å². The number of nitrogens with zero attached hydrogens (tertiary/aromatic N) is 3. The number of imidazole rings is 1. The Balaban J connectivity index is 1.77. The van der Waals surface area contributed by atoms with Crippen molar-refractivity contribution in [2.24, 2.45) is 0 Å². The molecule has 0 bridgehead atoms. The van der Waals surface area contributed by atoms with E-state index in [4.69, 9.17) is 10.7 Å². The molecule has 2 heterocycles. The molecule has 28 heavy (non-hydrogen) atoms. The van der Waals surface area contributed by atoms with Gasteiger partial charge in [-0.1, -0.05) is 38.8 Å². The zero-order valence-corrected chi connectivity index (χ0v) is 17.7. The lowest BCUT2D eigenvalue weighted by Crippen LogP contribution is -2.20. The van der Waals surface area contributed by atoms with Crippen LogP contribution in [-0.4, -0.2) is 40.0 Å². The molecule has 0 spiro atoms. The van der Waals surface area contributed by atoms with Crippen LogP contribution < -0.4 is 5.73 Å². The Labute approximate surface area is 168 Å². The number of nitrogens with two attached hydrogens (primary N) is 1. The largest absolute Gasteiger partial charge is 0.382 e. The van der Waals surface area contributed by atoms with E-state index in [0.717, 1.165) is 48.1 Å². The zero-order chi connectivity index (χ0) is 19.9. The van der Waals surface area contributed by atoms with E-state index < -0.39 is 0 Å². The first kappa shape index (κ1) is 20.6. The van der Waals surface area contributed by atoms with Crippen LogP contribution in [0, 0.1) is 0 Å². The van der Waals surface area contributed by atoms with E-state index >= 15 is 0 Å². The van der Waals surface area contributed by atoms with Gasteiger partial charge in [0.25, 0.3) is 0 Å². The van der Waals surface area contributed by atoms with Crippen molar-refractivity contribution in [3.63, 3.8) is 0 Å². The highest BCUT2D eigenvalue weighted by atomic mass is 15.1. The summed E-state index contributed by atoms with van der Waals surface area (Å²) >= 11 is 0. The fourth-order valence-electron chi connectivity index (χ4n) is 3.97. The summed E-state index contributed by atoms with van der Waals surface area (Å²) < 4.78 is 0. The molecule has 0 amide bonds. The van der Waals surface area contributed by atoms with E-state index in [1.165, 1.54) is 49.7 Å². The Morgan fingerprint density at radius 1 is 0.964 bits per heavy atom. The van der Waals surface area contributed by atoms with Gasteiger partial charge in [-0.25, -0.2) is 9.97 Å². The number of rotatable bonds is 11. The van der Waals surface area contributed by atoms with Crippen LogP contribution in [0.3, 0.4) is 0 Å². The van der Waals surface area contributed by atoms with Crippen molar-refractivity contribution in [3.05, 3.63) is 29.6 Å². The van der Waals surface area contributed by atoms with Gasteiger partial charge in [0, 0.05) is 11.8 Å². The Bertz CT molecular complexity index is 899. The number of hydrogen-bond acceptors (Lipinski definition) is 4. The number of hydrogen-bond donors (Lipinski definition) is 2. The topological polar surface area (TPSA) is 70.8 Å². The maximum atomic E-state index is 6.22. The predicted octanol–water partition coefficient (Wildman–Crippen LogP) is 5.09. The summed E-state index contributed by atoms with van der Waals surface area (Å²) in [5, 5.41) is 1.17. The molecule has 3 N–H and O–H groups in total. The fourth-order valence-corrected chi connectivity index (χ4v) is 3.97. The van der Waals surface area contributed by atoms with Gasteiger partial charge in [-0.15, -0.1) is 0 Å². The average molecular weight is 382 g/mol. The molecule has 3 rings (SSSR count). The molecule has 0 aliphatic carbocycles. The summed E-state index contributed by atoms with van der Waals surface area (Å²) in [4.78, 5) is 15.4. The summed E-state index contributed by atoms with van der Waals surface area (Å²) in [6.07, 6.45) is 9.23. The van der Waals surface area contributed by atoms with Gasteiger partial charge in [0.1, 0.15) is 22.7 Å². The van der Waals surface area contributed by atoms with Gasteiger partial charge in [0.2, 0.25) is 0 Å². The Kier molecular flexibility index (Phi) is 7.26. The van der Waals surface area contributed by atoms with Crippen molar-refractivity contribution in [2.45, 2.75) is 65.2 Å². The molecule has 152 valence electrons. The van der Waals surface area contributed by atoms with Crippen molar-refractivity contribution in [1.82, 2.24) is 19.9 Å². The standard InChI is InChI=1S/C23H35N5/c1-4-6-14-19-26-21-20-17(11-8-7-9-16-28(3)15-5-2)12-10-13-18(20)25-23(24)22(21)27-19/h10,12-13H,4-9,11,14-16H2,1-3H3,(H2,24,25)(H,26,27). The maximum Gasteiger partial charge on any atom is 0.150 e. The molecule has 1 aromatic carbocycles. The first-order valence-electron chi connectivity index (χ1n) is 10.9. The van der Waals surface area contributed by atoms with Crippen LogP contribution in [-0.2, 0) is 12.8 Å². The Morgan fingerprint density at radius 2 is 1.82 bits per heavy atom. The van der Waals surface area contributed by atoms with Crippen molar-refractivity contribution in [1.29, 1.82) is 0 Å². The molecule has 0 fully saturated rings. The molecule has 0 radical (unpaired) electrons. The van der Waals surface area contributed by atoms with E-state index in [2.05, 4.69) is 54.0 Å². The lowest BCUT2D eigenvalue weighted by atomic mass is 10.0. The normalized spacial score (nSPS) is 11.9. The molecule has 0 aliphatic heterocycles. The zero-order valence-electron chi connectivity index (χ0n) is 17.7. The van der Waals surface area contributed by atoms with Gasteiger partial charge in [-0.3, -0.25) is 0 Å². The van der Waals surface area contributed by atoms with Gasteiger partial charge in [0.05, 0.1) is 5.52 Å². The molecule has 2 aromatic heterocycles. The second-order valence-corrected chi connectivity index (χ2v) is 7.93. The van der Waals surface area contributed by atoms with Crippen molar-refractivity contribution in [3.8, 4) is 0 Å². The molecule has 0 atom stereocenters. The summed E-state index contributed by atoms with van der Waals surface area (Å²) in [7, 11) is 2.22. The third-order valence-corrected chi connectivity index (χ3v) is 5.47. The molecule has 0 aliphatic rings. The van der Waals surface area contributed by atoms with Crippen LogP contribution in [0.1, 0.15) is 63.8 Å². The van der Waals surface area contributed by atoms with Gasteiger partial charge >= 0.3 is 0 Å². The van der Waals surface area contributed by atoms with Crippen LogP contribution in [0.4, 0.5) is 5.82 Å². The first-order chi connectivity index (χ1) is 13.6. The third kappa shape index (κ3) is 4.82. The lowest BCUT2D eigenvalue weighted by molar-refractivity contribution is 0.325. The van der Waals surface area contributed by atoms with E-state index in [0.29, 0.717) is 5.82 Å². The summed E-state index contributed by atoms with van der Waals surface area (Å²) in [6.45, 7) is 6.81. The average Bonchev–Trinajstić information content (AvgIpc) is 3.11. The summed E-state index contributed by atoms with van der Waals surface area (Å²) in [6, 6.07) is 6.37. The molecule has 5 nitrogen and oxygen atoms in total. The van der Waals surface area contributed by atoms with Crippen molar-refractivity contribution >= 4 is 27.8 Å². The fraction of sp³-hybridized carbons (Fsp3) is 0.565. The number of unbranched alkanes of at least 4 members (excludes halogenated alkanes) is 3. The minimum Gasteiger partial charge on any atom is -0.382 e. The molecule has 0 saturated carbocycles. The highest BCUT2D eigenvalue weighted by Gasteiger charge is 2.14.